The number of guanidine groups is 1. The molecule has 0 aliphatic rings. The maximum atomic E-state index is 11.2. The van der Waals surface area contributed by atoms with Crippen molar-refractivity contribution in [1.29, 1.82) is 0 Å². The molecule has 0 spiro atoms. The highest BCUT2D eigenvalue weighted by molar-refractivity contribution is 5.84. The summed E-state index contributed by atoms with van der Waals surface area (Å²) in [7, 11) is 1.34. The van der Waals surface area contributed by atoms with Crippen molar-refractivity contribution in [1.82, 2.24) is 10.6 Å². The predicted molar refractivity (Wildman–Crippen MR) is 121 cm³/mol. The quantitative estimate of drug-likeness (QED) is 0.409. The summed E-state index contributed by atoms with van der Waals surface area (Å²) in [5.41, 5.74) is 2.91. The van der Waals surface area contributed by atoms with Gasteiger partial charge in [-0.2, -0.15) is 0 Å². The number of hydrogen-bond donors (Lipinski definition) is 3. The summed E-state index contributed by atoms with van der Waals surface area (Å²) >= 11 is 0. The Morgan fingerprint density at radius 3 is 2.43 bits per heavy atom. The molecular formula is C23H32N4O3. The molecule has 162 valence electrons. The standard InChI is InChI=1S/C23H32N4O3/c1-4-24-22(25-14-18(2)16-30-17-20-8-6-5-7-9-20)26-15-19-10-12-21(13-11-19)27-23(28)29-3/h5-13,18H,4,14-17H2,1-3H3,(H,27,28)(H2,24,25,26). The van der Waals surface area contributed by atoms with Gasteiger partial charge < -0.3 is 20.1 Å². The molecule has 1 unspecified atom stereocenters. The lowest BCUT2D eigenvalue weighted by molar-refractivity contribution is 0.0931. The lowest BCUT2D eigenvalue weighted by Gasteiger charge is -2.16. The first kappa shape index (κ1) is 23.2. The Labute approximate surface area is 178 Å². The molecule has 0 saturated heterocycles. The van der Waals surface area contributed by atoms with Crippen molar-refractivity contribution < 1.29 is 14.3 Å². The van der Waals surface area contributed by atoms with Gasteiger partial charge in [0.25, 0.3) is 0 Å². The minimum absolute atomic E-state index is 0.348. The second kappa shape index (κ2) is 13.2. The van der Waals surface area contributed by atoms with Crippen molar-refractivity contribution >= 4 is 17.7 Å². The van der Waals surface area contributed by atoms with E-state index in [9.17, 15) is 4.79 Å². The number of methoxy groups -OCH3 is 1. The lowest BCUT2D eigenvalue weighted by atomic mass is 10.2. The first-order chi connectivity index (χ1) is 14.6. The van der Waals surface area contributed by atoms with Crippen LogP contribution in [0.1, 0.15) is 25.0 Å². The highest BCUT2D eigenvalue weighted by Gasteiger charge is 2.05. The first-order valence-electron chi connectivity index (χ1n) is 10.2. The monoisotopic (exact) mass is 412 g/mol. The second-order valence-corrected chi connectivity index (χ2v) is 7.00. The average Bonchev–Trinajstić information content (AvgIpc) is 2.77. The Morgan fingerprint density at radius 1 is 1.03 bits per heavy atom. The number of carbonyl (C=O) groups is 1. The third kappa shape index (κ3) is 8.96. The molecule has 0 heterocycles. The zero-order valence-corrected chi connectivity index (χ0v) is 18.0. The van der Waals surface area contributed by atoms with Gasteiger partial charge in [0.2, 0.25) is 0 Å². The van der Waals surface area contributed by atoms with Crippen LogP contribution in [-0.2, 0) is 22.6 Å². The Balaban J connectivity index is 1.77. The molecular weight excluding hydrogens is 380 g/mol. The third-order valence-electron chi connectivity index (χ3n) is 4.28. The van der Waals surface area contributed by atoms with Gasteiger partial charge in [0.05, 0.1) is 26.9 Å². The summed E-state index contributed by atoms with van der Waals surface area (Å²) in [6, 6.07) is 17.7. The van der Waals surface area contributed by atoms with E-state index in [2.05, 4.69) is 44.7 Å². The van der Waals surface area contributed by atoms with Crippen LogP contribution in [0.2, 0.25) is 0 Å². The molecule has 2 rings (SSSR count). The van der Waals surface area contributed by atoms with Crippen LogP contribution in [0.5, 0.6) is 0 Å². The van der Waals surface area contributed by atoms with Crippen molar-refractivity contribution in [3.8, 4) is 0 Å². The molecule has 1 amide bonds. The molecule has 2 aromatic carbocycles. The third-order valence-corrected chi connectivity index (χ3v) is 4.28. The summed E-state index contributed by atoms with van der Waals surface area (Å²) in [6.45, 7) is 7.57. The number of anilines is 1. The summed E-state index contributed by atoms with van der Waals surface area (Å²) in [6.07, 6.45) is -0.485. The molecule has 7 nitrogen and oxygen atoms in total. The van der Waals surface area contributed by atoms with Crippen LogP contribution in [0.3, 0.4) is 0 Å². The summed E-state index contributed by atoms with van der Waals surface area (Å²) < 4.78 is 10.4. The molecule has 0 aliphatic heterocycles. The van der Waals surface area contributed by atoms with Gasteiger partial charge in [-0.3, -0.25) is 5.32 Å². The van der Waals surface area contributed by atoms with E-state index >= 15 is 0 Å². The second-order valence-electron chi connectivity index (χ2n) is 7.00. The molecule has 30 heavy (non-hydrogen) atoms. The number of amides is 1. The molecule has 1 atom stereocenters. The molecule has 0 fully saturated rings. The van der Waals surface area contributed by atoms with E-state index in [-0.39, 0.29) is 0 Å². The summed E-state index contributed by atoms with van der Waals surface area (Å²) in [5.74, 6) is 1.12. The number of carbonyl (C=O) groups excluding carboxylic acids is 1. The van der Waals surface area contributed by atoms with Gasteiger partial charge in [-0.15, -0.1) is 0 Å². The largest absolute Gasteiger partial charge is 0.453 e. The van der Waals surface area contributed by atoms with Gasteiger partial charge in [0.15, 0.2) is 5.96 Å². The van der Waals surface area contributed by atoms with E-state index in [0.717, 1.165) is 24.6 Å². The number of aliphatic imine (C=N–C) groups is 1. The smallest absolute Gasteiger partial charge is 0.411 e. The fourth-order valence-corrected chi connectivity index (χ4v) is 2.66. The first-order valence-corrected chi connectivity index (χ1v) is 10.2. The molecule has 0 bridgehead atoms. The van der Waals surface area contributed by atoms with Crippen LogP contribution in [0.4, 0.5) is 10.5 Å². The van der Waals surface area contributed by atoms with Crippen molar-refractivity contribution in [3.05, 3.63) is 65.7 Å². The fraction of sp³-hybridized carbons (Fsp3) is 0.391. The molecule has 7 heteroatoms. The number of benzene rings is 2. The van der Waals surface area contributed by atoms with E-state index in [1.165, 1.54) is 12.7 Å². The van der Waals surface area contributed by atoms with E-state index in [0.29, 0.717) is 31.4 Å². The molecule has 0 radical (unpaired) electrons. The van der Waals surface area contributed by atoms with Crippen LogP contribution in [-0.4, -0.2) is 38.9 Å². The highest BCUT2D eigenvalue weighted by Crippen LogP contribution is 2.10. The van der Waals surface area contributed by atoms with Gasteiger partial charge in [0, 0.05) is 18.8 Å². The highest BCUT2D eigenvalue weighted by atomic mass is 16.5. The molecule has 3 N–H and O–H groups in total. The number of nitrogens with zero attached hydrogens (tertiary/aromatic N) is 1. The van der Waals surface area contributed by atoms with E-state index in [4.69, 9.17) is 4.74 Å². The molecule has 0 aliphatic carbocycles. The van der Waals surface area contributed by atoms with Crippen molar-refractivity contribution in [3.63, 3.8) is 0 Å². The number of rotatable bonds is 10. The topological polar surface area (TPSA) is 84.0 Å². The Kier molecular flexibility index (Phi) is 10.2. The predicted octanol–water partition coefficient (Wildman–Crippen LogP) is 3.77. The van der Waals surface area contributed by atoms with Crippen LogP contribution >= 0.6 is 0 Å². The summed E-state index contributed by atoms with van der Waals surface area (Å²) in [4.78, 5) is 15.9. The fourth-order valence-electron chi connectivity index (χ4n) is 2.66. The van der Waals surface area contributed by atoms with E-state index < -0.39 is 6.09 Å². The van der Waals surface area contributed by atoms with Crippen LogP contribution in [0.25, 0.3) is 0 Å². The Morgan fingerprint density at radius 2 is 1.77 bits per heavy atom. The Bertz CT molecular complexity index is 779. The van der Waals surface area contributed by atoms with Gasteiger partial charge in [0.1, 0.15) is 0 Å². The summed E-state index contributed by atoms with van der Waals surface area (Å²) in [5, 5.41) is 9.26. The van der Waals surface area contributed by atoms with Gasteiger partial charge in [-0.05, 0) is 36.1 Å². The zero-order valence-electron chi connectivity index (χ0n) is 18.0. The van der Waals surface area contributed by atoms with Gasteiger partial charge >= 0.3 is 6.09 Å². The number of ether oxygens (including phenoxy) is 2. The lowest BCUT2D eigenvalue weighted by Crippen LogP contribution is -2.40. The Hall–Kier alpha value is -3.06. The maximum absolute atomic E-state index is 11.2. The van der Waals surface area contributed by atoms with E-state index in [1.54, 1.807) is 0 Å². The maximum Gasteiger partial charge on any atom is 0.411 e. The van der Waals surface area contributed by atoms with Crippen molar-refractivity contribution in [2.75, 3.05) is 32.1 Å². The van der Waals surface area contributed by atoms with Crippen molar-refractivity contribution in [2.45, 2.75) is 27.0 Å². The number of hydrogen-bond acceptors (Lipinski definition) is 4. The zero-order chi connectivity index (χ0) is 21.6. The minimum atomic E-state index is -0.485. The van der Waals surface area contributed by atoms with Gasteiger partial charge in [-0.1, -0.05) is 49.4 Å². The average molecular weight is 413 g/mol. The minimum Gasteiger partial charge on any atom is -0.453 e. The van der Waals surface area contributed by atoms with Crippen LogP contribution in [0.15, 0.2) is 59.6 Å². The van der Waals surface area contributed by atoms with Crippen LogP contribution < -0.4 is 16.0 Å². The molecule has 0 aromatic heterocycles. The van der Waals surface area contributed by atoms with Gasteiger partial charge in [-0.25, -0.2) is 9.79 Å². The van der Waals surface area contributed by atoms with Crippen LogP contribution in [0, 0.1) is 5.92 Å². The SMILES string of the molecule is CCNC(=NCc1ccc(NC(=O)OC)cc1)NCC(C)COCc1ccccc1. The molecule has 0 saturated carbocycles. The van der Waals surface area contributed by atoms with Crippen molar-refractivity contribution in [2.24, 2.45) is 10.9 Å². The van der Waals surface area contributed by atoms with E-state index in [1.807, 2.05) is 49.4 Å². The molecule has 2 aromatic rings. The number of nitrogens with one attached hydrogen (secondary N) is 3. The normalized spacial score (nSPS) is 12.2.